The van der Waals surface area contributed by atoms with Crippen molar-refractivity contribution < 1.29 is 12.6 Å². The van der Waals surface area contributed by atoms with Crippen molar-refractivity contribution in [1.29, 1.82) is 0 Å². The molecule has 0 bridgehead atoms. The Hall–Kier alpha value is -1.43. The van der Waals surface area contributed by atoms with Crippen LogP contribution in [0.1, 0.15) is 16.9 Å². The Bertz CT molecular complexity index is 717. The minimum absolute atomic E-state index is 0.206. The van der Waals surface area contributed by atoms with E-state index < -0.39 is 23.9 Å². The van der Waals surface area contributed by atoms with Crippen molar-refractivity contribution in [3.63, 3.8) is 0 Å². The molecule has 0 heterocycles. The molecule has 0 aliphatic rings. The SMILES string of the molecule is Cc1ccc(S(=O)(=O)OC(c2ccccc2)[Si](C)(C)C)cc1. The topological polar surface area (TPSA) is 43.4 Å². The lowest BCUT2D eigenvalue weighted by atomic mass is 10.2. The number of rotatable bonds is 5. The van der Waals surface area contributed by atoms with Crippen LogP contribution in [0.4, 0.5) is 0 Å². The van der Waals surface area contributed by atoms with Crippen molar-refractivity contribution in [2.45, 2.75) is 37.2 Å². The highest BCUT2D eigenvalue weighted by Crippen LogP contribution is 2.31. The first-order chi connectivity index (χ1) is 10.2. The molecule has 0 N–H and O–H groups in total. The summed E-state index contributed by atoms with van der Waals surface area (Å²) >= 11 is 0. The molecule has 0 radical (unpaired) electrons. The predicted molar refractivity (Wildman–Crippen MR) is 92.0 cm³/mol. The Morgan fingerprint density at radius 1 is 0.909 bits per heavy atom. The Labute approximate surface area is 134 Å². The third-order valence-electron chi connectivity index (χ3n) is 3.42. The van der Waals surface area contributed by atoms with Gasteiger partial charge in [0.2, 0.25) is 0 Å². The van der Waals surface area contributed by atoms with Gasteiger partial charge in [0, 0.05) is 0 Å². The highest BCUT2D eigenvalue weighted by molar-refractivity contribution is 7.86. The summed E-state index contributed by atoms with van der Waals surface area (Å²) in [7, 11) is -5.66. The molecule has 0 amide bonds. The van der Waals surface area contributed by atoms with Crippen LogP contribution in [-0.4, -0.2) is 16.5 Å². The maximum absolute atomic E-state index is 12.6. The predicted octanol–water partition coefficient (Wildman–Crippen LogP) is 4.32. The van der Waals surface area contributed by atoms with E-state index in [2.05, 4.69) is 19.6 Å². The Balaban J connectivity index is 2.37. The molecule has 0 saturated heterocycles. The largest absolute Gasteiger partial charge is 0.297 e. The summed E-state index contributed by atoms with van der Waals surface area (Å²) in [6.45, 7) is 8.24. The van der Waals surface area contributed by atoms with E-state index in [9.17, 15) is 8.42 Å². The van der Waals surface area contributed by atoms with Crippen LogP contribution in [0.25, 0.3) is 0 Å². The van der Waals surface area contributed by atoms with Crippen LogP contribution >= 0.6 is 0 Å². The lowest BCUT2D eigenvalue weighted by molar-refractivity contribution is 0.280. The normalized spacial score (nSPS) is 13.8. The molecule has 2 rings (SSSR count). The van der Waals surface area contributed by atoms with Gasteiger partial charge < -0.3 is 0 Å². The number of aryl methyl sites for hydroxylation is 1. The van der Waals surface area contributed by atoms with Crippen LogP contribution in [0, 0.1) is 6.92 Å². The molecule has 0 fully saturated rings. The van der Waals surface area contributed by atoms with Crippen molar-refractivity contribution in [3.8, 4) is 0 Å². The highest BCUT2D eigenvalue weighted by atomic mass is 32.2. The number of hydrogen-bond acceptors (Lipinski definition) is 3. The molecular weight excluding hydrogens is 312 g/mol. The van der Waals surface area contributed by atoms with Crippen molar-refractivity contribution in [2.24, 2.45) is 0 Å². The summed E-state index contributed by atoms with van der Waals surface area (Å²) in [5.74, 6) is 0. The monoisotopic (exact) mass is 334 g/mol. The molecule has 5 heteroatoms. The first-order valence-electron chi connectivity index (χ1n) is 7.25. The van der Waals surface area contributed by atoms with E-state index in [-0.39, 0.29) is 4.90 Å². The first kappa shape index (κ1) is 16.9. The van der Waals surface area contributed by atoms with E-state index in [0.29, 0.717) is 0 Å². The van der Waals surface area contributed by atoms with E-state index in [1.807, 2.05) is 37.3 Å². The lowest BCUT2D eigenvalue weighted by Gasteiger charge is -2.28. The van der Waals surface area contributed by atoms with E-state index in [0.717, 1.165) is 11.1 Å². The van der Waals surface area contributed by atoms with Crippen molar-refractivity contribution in [3.05, 3.63) is 65.7 Å². The maximum atomic E-state index is 12.6. The third kappa shape index (κ3) is 4.06. The second-order valence-electron chi connectivity index (χ2n) is 6.52. The van der Waals surface area contributed by atoms with Crippen molar-refractivity contribution in [1.82, 2.24) is 0 Å². The van der Waals surface area contributed by atoms with E-state index in [1.54, 1.807) is 24.3 Å². The van der Waals surface area contributed by atoms with Gasteiger partial charge in [0.05, 0.1) is 18.7 Å². The molecule has 0 aliphatic carbocycles. The Kier molecular flexibility index (Phi) is 4.89. The van der Waals surface area contributed by atoms with Crippen LogP contribution in [-0.2, 0) is 14.3 Å². The molecule has 2 aromatic rings. The highest BCUT2D eigenvalue weighted by Gasteiger charge is 2.34. The fourth-order valence-electron chi connectivity index (χ4n) is 2.21. The van der Waals surface area contributed by atoms with Crippen LogP contribution in [0.5, 0.6) is 0 Å². The third-order valence-corrected chi connectivity index (χ3v) is 6.91. The van der Waals surface area contributed by atoms with Gasteiger partial charge >= 0.3 is 0 Å². The summed E-state index contributed by atoms with van der Waals surface area (Å²) in [4.78, 5) is 0.206. The van der Waals surface area contributed by atoms with E-state index >= 15 is 0 Å². The molecule has 118 valence electrons. The molecule has 0 aromatic heterocycles. The Morgan fingerprint density at radius 3 is 1.95 bits per heavy atom. The maximum Gasteiger partial charge on any atom is 0.297 e. The molecule has 0 spiro atoms. The zero-order valence-electron chi connectivity index (χ0n) is 13.4. The zero-order chi connectivity index (χ0) is 16.4. The van der Waals surface area contributed by atoms with Gasteiger partial charge in [-0.15, -0.1) is 0 Å². The summed E-state index contributed by atoms with van der Waals surface area (Å²) in [6, 6.07) is 16.3. The fraction of sp³-hybridized carbons (Fsp3) is 0.294. The average molecular weight is 335 g/mol. The van der Waals surface area contributed by atoms with Crippen LogP contribution in [0.3, 0.4) is 0 Å². The summed E-state index contributed by atoms with van der Waals surface area (Å²) in [5, 5.41) is 0. The summed E-state index contributed by atoms with van der Waals surface area (Å²) < 4.78 is 30.8. The van der Waals surface area contributed by atoms with Gasteiger partial charge in [0.1, 0.15) is 0 Å². The minimum Gasteiger partial charge on any atom is -0.262 e. The molecule has 0 saturated carbocycles. The molecule has 1 atom stereocenters. The second kappa shape index (κ2) is 6.36. The van der Waals surface area contributed by atoms with Gasteiger partial charge in [-0.1, -0.05) is 67.7 Å². The minimum atomic E-state index is -3.77. The van der Waals surface area contributed by atoms with Gasteiger partial charge in [0.25, 0.3) is 10.1 Å². The molecule has 1 unspecified atom stereocenters. The van der Waals surface area contributed by atoms with Crippen LogP contribution < -0.4 is 0 Å². The van der Waals surface area contributed by atoms with Gasteiger partial charge in [-0.2, -0.15) is 8.42 Å². The number of benzene rings is 2. The molecule has 22 heavy (non-hydrogen) atoms. The summed E-state index contributed by atoms with van der Waals surface area (Å²) in [6.07, 6.45) is 0. The molecule has 0 aliphatic heterocycles. The lowest BCUT2D eigenvalue weighted by Crippen LogP contribution is -2.34. The molecule has 3 nitrogen and oxygen atoms in total. The van der Waals surface area contributed by atoms with Gasteiger partial charge in [-0.3, -0.25) is 4.18 Å². The smallest absolute Gasteiger partial charge is 0.262 e. The average Bonchev–Trinajstić information content (AvgIpc) is 2.45. The van der Waals surface area contributed by atoms with Crippen molar-refractivity contribution in [2.75, 3.05) is 0 Å². The van der Waals surface area contributed by atoms with Crippen LogP contribution in [0.15, 0.2) is 59.5 Å². The van der Waals surface area contributed by atoms with E-state index in [1.165, 1.54) is 0 Å². The summed E-state index contributed by atoms with van der Waals surface area (Å²) in [5.41, 5.74) is 1.53. The fourth-order valence-corrected chi connectivity index (χ4v) is 5.89. The van der Waals surface area contributed by atoms with Crippen molar-refractivity contribution >= 4 is 18.2 Å². The Morgan fingerprint density at radius 2 is 1.45 bits per heavy atom. The van der Waals surface area contributed by atoms with Gasteiger partial charge in [-0.25, -0.2) is 0 Å². The quantitative estimate of drug-likeness (QED) is 0.604. The van der Waals surface area contributed by atoms with Crippen LogP contribution in [0.2, 0.25) is 19.6 Å². The molecule has 2 aromatic carbocycles. The van der Waals surface area contributed by atoms with Gasteiger partial charge in [0.15, 0.2) is 0 Å². The number of hydrogen-bond donors (Lipinski definition) is 0. The standard InChI is InChI=1S/C17H22O3SSi/c1-14-10-12-16(13-11-14)21(18,19)20-17(22(2,3)4)15-8-6-5-7-9-15/h5-13,17H,1-4H3. The molecular formula is C17H22O3SSi. The zero-order valence-corrected chi connectivity index (χ0v) is 15.2. The first-order valence-corrected chi connectivity index (χ1v) is 12.2. The second-order valence-corrected chi connectivity index (χ2v) is 13.3. The van der Waals surface area contributed by atoms with E-state index in [4.69, 9.17) is 4.18 Å². The van der Waals surface area contributed by atoms with Gasteiger partial charge in [-0.05, 0) is 24.6 Å².